The molecule has 0 atom stereocenters. The first-order chi connectivity index (χ1) is 12.3. The molecule has 0 saturated carbocycles. The first-order valence-electron chi connectivity index (χ1n) is 8.11. The molecule has 0 aliphatic carbocycles. The van der Waals surface area contributed by atoms with Crippen LogP contribution in [0.4, 0.5) is 0 Å². The van der Waals surface area contributed by atoms with Gasteiger partial charge in [-0.05, 0) is 29.8 Å². The van der Waals surface area contributed by atoms with Crippen LogP contribution in [0, 0.1) is 0 Å². The number of hydrogen-bond donors (Lipinski definition) is 0. The zero-order valence-electron chi connectivity index (χ0n) is 13.6. The van der Waals surface area contributed by atoms with Gasteiger partial charge < -0.3 is 4.57 Å². The molecule has 5 heteroatoms. The maximum atomic E-state index is 4.52. The zero-order chi connectivity index (χ0) is 17.1. The van der Waals surface area contributed by atoms with Gasteiger partial charge in [0.05, 0.1) is 18.4 Å². The zero-order valence-corrected chi connectivity index (χ0v) is 15.2. The van der Waals surface area contributed by atoms with Gasteiger partial charge in [-0.2, -0.15) is 5.10 Å². The molecule has 0 saturated heterocycles. The Morgan fingerprint density at radius 3 is 2.52 bits per heavy atom. The summed E-state index contributed by atoms with van der Waals surface area (Å²) in [5, 5.41) is 4.47. The minimum atomic E-state index is 0.763. The molecule has 4 rings (SSSR count). The van der Waals surface area contributed by atoms with Crippen molar-refractivity contribution in [2.45, 2.75) is 13.0 Å². The fraction of sp³-hybridized carbons (Fsp3) is 0.100. The van der Waals surface area contributed by atoms with Gasteiger partial charge in [-0.1, -0.05) is 46.3 Å². The molecule has 25 heavy (non-hydrogen) atoms. The smallest absolute Gasteiger partial charge is 0.113 e. The summed E-state index contributed by atoms with van der Waals surface area (Å²) < 4.78 is 5.17. The van der Waals surface area contributed by atoms with Crippen LogP contribution in [-0.4, -0.2) is 19.3 Å². The Kier molecular flexibility index (Phi) is 4.48. The highest BCUT2D eigenvalue weighted by Gasteiger charge is 2.07. The Morgan fingerprint density at radius 1 is 0.920 bits per heavy atom. The second-order valence-corrected chi connectivity index (χ2v) is 6.82. The van der Waals surface area contributed by atoms with Crippen molar-refractivity contribution in [2.75, 3.05) is 0 Å². The number of rotatable bonds is 5. The van der Waals surface area contributed by atoms with Crippen LogP contribution in [0.15, 0.2) is 83.9 Å². The molecule has 0 radical (unpaired) electrons. The Morgan fingerprint density at radius 2 is 1.72 bits per heavy atom. The fourth-order valence-corrected chi connectivity index (χ4v) is 3.06. The van der Waals surface area contributed by atoms with Crippen LogP contribution in [0.1, 0.15) is 17.0 Å². The van der Waals surface area contributed by atoms with E-state index in [1.54, 1.807) is 0 Å². The molecule has 0 amide bonds. The molecule has 4 nitrogen and oxygen atoms in total. The SMILES string of the molecule is Brc1ccc(Cc2nccn2Cc2cnn(-c3ccccc3)c2)cc1. The van der Waals surface area contributed by atoms with Gasteiger partial charge in [-0.15, -0.1) is 0 Å². The number of imidazole rings is 1. The molecule has 0 fully saturated rings. The highest BCUT2D eigenvalue weighted by molar-refractivity contribution is 9.10. The number of halogens is 1. The molecule has 0 N–H and O–H groups in total. The minimum Gasteiger partial charge on any atom is -0.330 e. The van der Waals surface area contributed by atoms with Gasteiger partial charge in [0.1, 0.15) is 5.82 Å². The van der Waals surface area contributed by atoms with Crippen molar-refractivity contribution in [1.82, 2.24) is 19.3 Å². The largest absolute Gasteiger partial charge is 0.330 e. The van der Waals surface area contributed by atoms with Gasteiger partial charge in [-0.3, -0.25) is 0 Å². The van der Waals surface area contributed by atoms with Gasteiger partial charge in [0.2, 0.25) is 0 Å². The summed E-state index contributed by atoms with van der Waals surface area (Å²) in [5.74, 6) is 1.05. The van der Waals surface area contributed by atoms with Crippen LogP contribution in [-0.2, 0) is 13.0 Å². The molecule has 0 bridgehead atoms. The Bertz CT molecular complexity index is 955. The van der Waals surface area contributed by atoms with Crippen molar-refractivity contribution < 1.29 is 0 Å². The van der Waals surface area contributed by atoms with Gasteiger partial charge in [0.25, 0.3) is 0 Å². The number of aromatic nitrogens is 4. The van der Waals surface area contributed by atoms with Crippen molar-refractivity contribution >= 4 is 15.9 Å². The lowest BCUT2D eigenvalue weighted by Crippen LogP contribution is -2.04. The average Bonchev–Trinajstić information content (AvgIpc) is 3.28. The van der Waals surface area contributed by atoms with Gasteiger partial charge >= 0.3 is 0 Å². The molecular weight excluding hydrogens is 376 g/mol. The lowest BCUT2D eigenvalue weighted by Gasteiger charge is -2.07. The standard InChI is InChI=1S/C20H17BrN4/c21-18-8-6-16(7-9-18)12-20-22-10-11-24(20)14-17-13-23-25(15-17)19-4-2-1-3-5-19/h1-11,13,15H,12,14H2. The monoisotopic (exact) mass is 392 g/mol. The van der Waals surface area contributed by atoms with E-state index in [0.717, 1.165) is 34.5 Å². The predicted molar refractivity (Wildman–Crippen MR) is 102 cm³/mol. The van der Waals surface area contributed by atoms with E-state index in [4.69, 9.17) is 0 Å². The Hall–Kier alpha value is -2.66. The molecule has 2 aromatic heterocycles. The van der Waals surface area contributed by atoms with E-state index in [1.807, 2.05) is 53.6 Å². The lowest BCUT2D eigenvalue weighted by molar-refractivity contribution is 0.740. The highest BCUT2D eigenvalue weighted by Crippen LogP contribution is 2.15. The molecule has 0 aliphatic rings. The highest BCUT2D eigenvalue weighted by atomic mass is 79.9. The summed E-state index contributed by atoms with van der Waals surface area (Å²) in [4.78, 5) is 4.52. The summed E-state index contributed by atoms with van der Waals surface area (Å²) in [6.45, 7) is 0.763. The van der Waals surface area contributed by atoms with E-state index >= 15 is 0 Å². The molecule has 2 aromatic carbocycles. The quantitative estimate of drug-likeness (QED) is 0.502. The first kappa shape index (κ1) is 15.8. The molecule has 0 unspecified atom stereocenters. The normalized spacial score (nSPS) is 10.9. The maximum absolute atomic E-state index is 4.52. The summed E-state index contributed by atoms with van der Waals surface area (Å²) in [6, 6.07) is 18.5. The summed E-state index contributed by atoms with van der Waals surface area (Å²) in [6.07, 6.45) is 8.67. The van der Waals surface area contributed by atoms with Gasteiger partial charge in [0, 0.05) is 35.0 Å². The predicted octanol–water partition coefficient (Wildman–Crippen LogP) is 4.47. The van der Waals surface area contributed by atoms with Crippen LogP contribution >= 0.6 is 15.9 Å². The average molecular weight is 393 g/mol. The molecule has 124 valence electrons. The topological polar surface area (TPSA) is 35.6 Å². The van der Waals surface area contributed by atoms with E-state index in [0.29, 0.717) is 0 Å². The second-order valence-electron chi connectivity index (χ2n) is 5.90. The Labute approximate surface area is 154 Å². The van der Waals surface area contributed by atoms with Crippen LogP contribution in [0.2, 0.25) is 0 Å². The molecule has 0 aliphatic heterocycles. The third-order valence-electron chi connectivity index (χ3n) is 4.09. The van der Waals surface area contributed by atoms with Crippen LogP contribution in [0.5, 0.6) is 0 Å². The Balaban J connectivity index is 1.51. The third-order valence-corrected chi connectivity index (χ3v) is 4.62. The third kappa shape index (κ3) is 3.72. The van der Waals surface area contributed by atoms with Crippen molar-refractivity contribution in [3.05, 3.63) is 101 Å². The van der Waals surface area contributed by atoms with Gasteiger partial charge in [0.15, 0.2) is 0 Å². The van der Waals surface area contributed by atoms with E-state index in [-0.39, 0.29) is 0 Å². The van der Waals surface area contributed by atoms with Crippen LogP contribution in [0.25, 0.3) is 5.69 Å². The van der Waals surface area contributed by atoms with E-state index in [9.17, 15) is 0 Å². The lowest BCUT2D eigenvalue weighted by atomic mass is 10.1. The number of nitrogens with zero attached hydrogens (tertiary/aromatic N) is 4. The van der Waals surface area contributed by atoms with E-state index in [1.165, 1.54) is 5.56 Å². The summed E-state index contributed by atoms with van der Waals surface area (Å²) >= 11 is 3.47. The van der Waals surface area contributed by atoms with Crippen LogP contribution < -0.4 is 0 Å². The summed E-state index contributed by atoms with van der Waals surface area (Å²) in [7, 11) is 0. The molecule has 0 spiro atoms. The maximum Gasteiger partial charge on any atom is 0.113 e. The van der Waals surface area contributed by atoms with Crippen molar-refractivity contribution in [2.24, 2.45) is 0 Å². The van der Waals surface area contributed by atoms with Crippen LogP contribution in [0.3, 0.4) is 0 Å². The van der Waals surface area contributed by atoms with E-state index < -0.39 is 0 Å². The number of para-hydroxylation sites is 1. The van der Waals surface area contributed by atoms with Crippen molar-refractivity contribution in [1.29, 1.82) is 0 Å². The molecule has 4 aromatic rings. The second kappa shape index (κ2) is 7.07. The fourth-order valence-electron chi connectivity index (χ4n) is 2.80. The molecule has 2 heterocycles. The van der Waals surface area contributed by atoms with Gasteiger partial charge in [-0.25, -0.2) is 9.67 Å². The molecular formula is C20H17BrN4. The van der Waals surface area contributed by atoms with E-state index in [2.05, 4.69) is 61.0 Å². The first-order valence-corrected chi connectivity index (χ1v) is 8.91. The minimum absolute atomic E-state index is 0.763. The number of hydrogen-bond acceptors (Lipinski definition) is 2. The summed E-state index contributed by atoms with van der Waals surface area (Å²) in [5.41, 5.74) is 3.46. The number of benzene rings is 2. The van der Waals surface area contributed by atoms with Crippen molar-refractivity contribution in [3.63, 3.8) is 0 Å². The van der Waals surface area contributed by atoms with Crippen molar-refractivity contribution in [3.8, 4) is 5.69 Å².